The number of rotatable bonds is 14. The Bertz CT molecular complexity index is 327. The molecule has 0 radical (unpaired) electrons. The van der Waals surface area contributed by atoms with Crippen LogP contribution >= 0.6 is 0 Å². The van der Waals surface area contributed by atoms with E-state index >= 15 is 0 Å². The second kappa shape index (κ2) is 13.0. The quantitative estimate of drug-likeness (QED) is 0.372. The van der Waals surface area contributed by atoms with E-state index in [2.05, 4.69) is 6.92 Å². The van der Waals surface area contributed by atoms with Gasteiger partial charge >= 0.3 is 0 Å². The van der Waals surface area contributed by atoms with Gasteiger partial charge in [0.2, 0.25) is 0 Å². The molecule has 0 aromatic heterocycles. The van der Waals surface area contributed by atoms with Crippen molar-refractivity contribution >= 4 is 0 Å². The fraction of sp³-hybridized carbons (Fsp3) is 1.00. The van der Waals surface area contributed by atoms with Crippen molar-refractivity contribution in [2.45, 2.75) is 71.4 Å². The molecule has 0 aromatic carbocycles. The van der Waals surface area contributed by atoms with Gasteiger partial charge in [-0.05, 0) is 25.2 Å². The minimum Gasteiger partial charge on any atom is -0.396 e. The maximum atomic E-state index is 10.4. The van der Waals surface area contributed by atoms with Crippen molar-refractivity contribution in [2.75, 3.05) is 27.4 Å². The molecule has 0 saturated carbocycles. The molecule has 4 N–H and O–H groups in total. The number of hydrogen-bond donors (Lipinski definition) is 4. The van der Waals surface area contributed by atoms with Gasteiger partial charge in [-0.15, -0.1) is 0 Å². The fourth-order valence-corrected chi connectivity index (χ4v) is 3.62. The van der Waals surface area contributed by atoms with E-state index in [1.54, 1.807) is 14.2 Å². The smallest absolute Gasteiger partial charge is 0.0647 e. The maximum absolute atomic E-state index is 10.4. The van der Waals surface area contributed by atoms with Crippen LogP contribution in [0, 0.1) is 23.7 Å². The molecule has 8 atom stereocenters. The first-order chi connectivity index (χ1) is 11.7. The van der Waals surface area contributed by atoms with E-state index in [9.17, 15) is 15.3 Å². The molecule has 152 valence electrons. The molecule has 0 bridgehead atoms. The fourth-order valence-electron chi connectivity index (χ4n) is 3.62. The number of ether oxygens (including phenoxy) is 2. The molecule has 0 aliphatic carbocycles. The highest BCUT2D eigenvalue weighted by Gasteiger charge is 2.32. The third-order valence-corrected chi connectivity index (χ3v) is 5.59. The van der Waals surface area contributed by atoms with E-state index in [1.807, 2.05) is 20.8 Å². The second-order valence-electron chi connectivity index (χ2n) is 7.48. The zero-order chi connectivity index (χ0) is 19.6. The van der Waals surface area contributed by atoms with E-state index in [0.29, 0.717) is 12.8 Å². The molecule has 0 rings (SSSR count). The van der Waals surface area contributed by atoms with Crippen LogP contribution in [0.15, 0.2) is 0 Å². The van der Waals surface area contributed by atoms with E-state index in [0.717, 1.165) is 6.42 Å². The highest BCUT2D eigenvalue weighted by Crippen LogP contribution is 2.28. The minimum atomic E-state index is -0.635. The molecule has 25 heavy (non-hydrogen) atoms. The molecule has 0 aliphatic heterocycles. The normalized spacial score (nSPS) is 21.8. The molecule has 0 unspecified atom stereocenters. The van der Waals surface area contributed by atoms with E-state index < -0.39 is 12.2 Å². The van der Waals surface area contributed by atoms with Crippen LogP contribution in [0.5, 0.6) is 0 Å². The molecule has 6 heteroatoms. The molecule has 0 aliphatic rings. The molecule has 0 heterocycles. The number of methoxy groups -OCH3 is 2. The molecule has 0 saturated heterocycles. The summed E-state index contributed by atoms with van der Waals surface area (Å²) in [5, 5.41) is 39.1. The van der Waals surface area contributed by atoms with Crippen LogP contribution in [-0.4, -0.2) is 72.3 Å². The van der Waals surface area contributed by atoms with Gasteiger partial charge < -0.3 is 29.9 Å². The molecular weight excluding hydrogens is 324 g/mol. The van der Waals surface area contributed by atoms with Crippen molar-refractivity contribution < 1.29 is 29.9 Å². The van der Waals surface area contributed by atoms with Crippen LogP contribution in [0.3, 0.4) is 0 Å². The Morgan fingerprint density at radius 1 is 0.760 bits per heavy atom. The van der Waals surface area contributed by atoms with E-state index in [-0.39, 0.29) is 49.1 Å². The van der Waals surface area contributed by atoms with Gasteiger partial charge in [0.15, 0.2) is 0 Å². The van der Waals surface area contributed by atoms with Crippen LogP contribution in [0.4, 0.5) is 0 Å². The van der Waals surface area contributed by atoms with Crippen LogP contribution < -0.4 is 0 Å². The SMILES string of the molecule is CO[C@H]([C@H](C)[C@@H](O)[C@@H](C)CO)[C@@H](C)CC[C@@H](O)[C@H](C)[C@@H](CCO)OC. The maximum Gasteiger partial charge on any atom is 0.0647 e. The average molecular weight is 365 g/mol. The van der Waals surface area contributed by atoms with Crippen molar-refractivity contribution in [2.24, 2.45) is 23.7 Å². The second-order valence-corrected chi connectivity index (χ2v) is 7.48. The van der Waals surface area contributed by atoms with Gasteiger partial charge in [0.1, 0.15) is 0 Å². The Kier molecular flexibility index (Phi) is 12.9. The number of aliphatic hydroxyl groups is 4. The Hall–Kier alpha value is -0.240. The first-order valence-electron chi connectivity index (χ1n) is 9.38. The van der Waals surface area contributed by atoms with Crippen LogP contribution in [-0.2, 0) is 9.47 Å². The third kappa shape index (κ3) is 7.89. The predicted octanol–water partition coefficient (Wildman–Crippen LogP) is 1.44. The van der Waals surface area contributed by atoms with Gasteiger partial charge in [-0.25, -0.2) is 0 Å². The lowest BCUT2D eigenvalue weighted by molar-refractivity contribution is -0.0634. The van der Waals surface area contributed by atoms with Crippen LogP contribution in [0.2, 0.25) is 0 Å². The zero-order valence-corrected chi connectivity index (χ0v) is 16.8. The lowest BCUT2D eigenvalue weighted by Crippen LogP contribution is -2.40. The molecule has 0 aromatic rings. The van der Waals surface area contributed by atoms with Gasteiger partial charge in [0, 0.05) is 45.2 Å². The topological polar surface area (TPSA) is 99.4 Å². The molecular formula is C19H40O6. The summed E-state index contributed by atoms with van der Waals surface area (Å²) < 4.78 is 11.0. The summed E-state index contributed by atoms with van der Waals surface area (Å²) >= 11 is 0. The van der Waals surface area contributed by atoms with Crippen molar-refractivity contribution in [3.8, 4) is 0 Å². The summed E-state index contributed by atoms with van der Waals surface area (Å²) in [4.78, 5) is 0. The zero-order valence-electron chi connectivity index (χ0n) is 16.8. The van der Waals surface area contributed by atoms with Gasteiger partial charge in [-0.2, -0.15) is 0 Å². The van der Waals surface area contributed by atoms with Gasteiger partial charge in [0.25, 0.3) is 0 Å². The van der Waals surface area contributed by atoms with Crippen molar-refractivity contribution in [1.29, 1.82) is 0 Å². The van der Waals surface area contributed by atoms with Crippen LogP contribution in [0.25, 0.3) is 0 Å². The monoisotopic (exact) mass is 364 g/mol. The summed E-state index contributed by atoms with van der Waals surface area (Å²) in [6, 6.07) is 0. The van der Waals surface area contributed by atoms with E-state index in [4.69, 9.17) is 14.6 Å². The molecule has 0 amide bonds. The summed E-state index contributed by atoms with van der Waals surface area (Å²) in [5.74, 6) is -0.228. The summed E-state index contributed by atoms with van der Waals surface area (Å²) in [7, 11) is 3.23. The van der Waals surface area contributed by atoms with E-state index in [1.165, 1.54) is 0 Å². The van der Waals surface area contributed by atoms with Crippen molar-refractivity contribution in [1.82, 2.24) is 0 Å². The first kappa shape index (κ1) is 24.8. The van der Waals surface area contributed by atoms with Gasteiger partial charge in [0.05, 0.1) is 24.4 Å². The largest absolute Gasteiger partial charge is 0.396 e. The number of hydrogen-bond acceptors (Lipinski definition) is 6. The third-order valence-electron chi connectivity index (χ3n) is 5.59. The summed E-state index contributed by atoms with van der Waals surface area (Å²) in [6.07, 6.45) is 0.391. The summed E-state index contributed by atoms with van der Waals surface area (Å²) in [5.41, 5.74) is 0. The first-order valence-corrected chi connectivity index (χ1v) is 9.38. The average Bonchev–Trinajstić information content (AvgIpc) is 2.62. The predicted molar refractivity (Wildman–Crippen MR) is 98.3 cm³/mol. The minimum absolute atomic E-state index is 0.0379. The molecule has 6 nitrogen and oxygen atoms in total. The van der Waals surface area contributed by atoms with Gasteiger partial charge in [-0.1, -0.05) is 27.7 Å². The standard InChI is InChI=1S/C19H40O6/c1-12(19(25-6)15(4)18(23)13(2)11-21)7-8-16(22)14(3)17(24-5)9-10-20/h12-23H,7-11H2,1-6H3/t12-,13-,14-,15+,16+,17+,18-,19-/m0/s1. The molecule has 0 fully saturated rings. The Morgan fingerprint density at radius 3 is 1.80 bits per heavy atom. The Balaban J connectivity index is 4.65. The Morgan fingerprint density at radius 2 is 1.36 bits per heavy atom. The lowest BCUT2D eigenvalue weighted by Gasteiger charge is -2.34. The summed E-state index contributed by atoms with van der Waals surface area (Å²) in [6.45, 7) is 7.72. The highest BCUT2D eigenvalue weighted by molar-refractivity contribution is 4.82. The van der Waals surface area contributed by atoms with Crippen molar-refractivity contribution in [3.63, 3.8) is 0 Å². The lowest BCUT2D eigenvalue weighted by atomic mass is 9.81. The highest BCUT2D eigenvalue weighted by atomic mass is 16.5. The van der Waals surface area contributed by atoms with Gasteiger partial charge in [-0.3, -0.25) is 0 Å². The molecule has 0 spiro atoms. The van der Waals surface area contributed by atoms with Crippen molar-refractivity contribution in [3.05, 3.63) is 0 Å². The Labute approximate surface area is 153 Å². The van der Waals surface area contributed by atoms with Crippen LogP contribution in [0.1, 0.15) is 47.0 Å². The number of aliphatic hydroxyl groups excluding tert-OH is 4.